The monoisotopic (exact) mass is 418 g/mol. The number of aryl methyl sites for hydroxylation is 2. The zero-order valence-corrected chi connectivity index (χ0v) is 18.5. The molecule has 0 N–H and O–H groups in total. The van der Waals surface area contributed by atoms with Gasteiger partial charge in [0.25, 0.3) is 0 Å². The van der Waals surface area contributed by atoms with Gasteiger partial charge in [-0.3, -0.25) is 0 Å². The molecule has 0 saturated carbocycles. The first kappa shape index (κ1) is 20.1. The van der Waals surface area contributed by atoms with Crippen LogP contribution in [0.15, 0.2) is 97.1 Å². The second kappa shape index (κ2) is 8.76. The molecule has 0 bridgehead atoms. The van der Waals surface area contributed by atoms with Gasteiger partial charge in [0.15, 0.2) is 0 Å². The smallest absolute Gasteiger partial charge is 0.143 e. The molecule has 2 nitrogen and oxygen atoms in total. The van der Waals surface area contributed by atoms with E-state index in [2.05, 4.69) is 50.2 Å². The van der Waals surface area contributed by atoms with Crippen molar-refractivity contribution in [2.45, 2.75) is 26.7 Å². The molecule has 0 aliphatic rings. The topological polar surface area (TPSA) is 18.5 Å². The average molecular weight is 419 g/mol. The second-order valence-electron chi connectivity index (χ2n) is 7.91. The quantitative estimate of drug-likeness (QED) is 0.257. The van der Waals surface area contributed by atoms with Crippen molar-refractivity contribution in [2.24, 2.45) is 0 Å². The lowest BCUT2D eigenvalue weighted by molar-refractivity contribution is 0.485. The molecule has 0 radical (unpaired) electrons. The van der Waals surface area contributed by atoms with Gasteiger partial charge in [-0.15, -0.1) is 0 Å². The Balaban J connectivity index is 1.85. The molecular weight excluding hydrogens is 392 g/mol. The van der Waals surface area contributed by atoms with Crippen LogP contribution in [0, 0.1) is 0 Å². The second-order valence-corrected chi connectivity index (χ2v) is 7.91. The van der Waals surface area contributed by atoms with Crippen molar-refractivity contribution < 1.29 is 9.47 Å². The van der Waals surface area contributed by atoms with Crippen molar-refractivity contribution in [1.29, 1.82) is 0 Å². The fourth-order valence-corrected chi connectivity index (χ4v) is 4.33. The van der Waals surface area contributed by atoms with Gasteiger partial charge in [0.05, 0.1) is 0 Å². The van der Waals surface area contributed by atoms with E-state index in [9.17, 15) is 0 Å². The summed E-state index contributed by atoms with van der Waals surface area (Å²) in [5.74, 6) is 3.40. The molecule has 0 fully saturated rings. The summed E-state index contributed by atoms with van der Waals surface area (Å²) in [7, 11) is 0. The Kier molecular flexibility index (Phi) is 5.51. The minimum Gasteiger partial charge on any atom is -0.456 e. The zero-order valence-electron chi connectivity index (χ0n) is 18.5. The molecule has 0 saturated heterocycles. The molecule has 0 spiro atoms. The number of para-hydroxylation sites is 2. The number of hydrogen-bond acceptors (Lipinski definition) is 2. The molecule has 0 heterocycles. The van der Waals surface area contributed by atoms with Crippen molar-refractivity contribution in [3.8, 4) is 23.0 Å². The van der Waals surface area contributed by atoms with E-state index in [0.717, 1.165) is 57.4 Å². The van der Waals surface area contributed by atoms with Crippen LogP contribution in [-0.4, -0.2) is 0 Å². The van der Waals surface area contributed by atoms with Crippen LogP contribution in [-0.2, 0) is 12.8 Å². The molecule has 0 unspecified atom stereocenters. The van der Waals surface area contributed by atoms with E-state index in [1.165, 1.54) is 11.1 Å². The Morgan fingerprint density at radius 2 is 0.844 bits per heavy atom. The first-order valence-electron chi connectivity index (χ1n) is 11.2. The Hall–Kier alpha value is -3.78. The van der Waals surface area contributed by atoms with Crippen molar-refractivity contribution >= 4 is 21.5 Å². The maximum absolute atomic E-state index is 6.53. The van der Waals surface area contributed by atoms with Crippen molar-refractivity contribution in [1.82, 2.24) is 0 Å². The van der Waals surface area contributed by atoms with E-state index < -0.39 is 0 Å². The number of hydrogen-bond donors (Lipinski definition) is 0. The third-order valence-electron chi connectivity index (χ3n) is 5.93. The molecule has 32 heavy (non-hydrogen) atoms. The van der Waals surface area contributed by atoms with Crippen LogP contribution in [0.4, 0.5) is 0 Å². The number of fused-ring (bicyclic) bond motifs is 2. The highest BCUT2D eigenvalue weighted by molar-refractivity contribution is 6.11. The number of rotatable bonds is 6. The summed E-state index contributed by atoms with van der Waals surface area (Å²) in [6.45, 7) is 4.42. The minimum absolute atomic E-state index is 0.827. The first-order valence-corrected chi connectivity index (χ1v) is 11.2. The Morgan fingerprint density at radius 3 is 1.22 bits per heavy atom. The molecule has 2 heteroatoms. The molecule has 0 amide bonds. The van der Waals surface area contributed by atoms with E-state index >= 15 is 0 Å². The lowest BCUT2D eigenvalue weighted by Crippen LogP contribution is -1.97. The Bertz CT molecular complexity index is 1270. The Labute approximate surface area is 189 Å². The minimum atomic E-state index is 0.827. The normalized spacial score (nSPS) is 11.1. The van der Waals surface area contributed by atoms with Crippen LogP contribution in [0.5, 0.6) is 23.0 Å². The molecule has 0 aliphatic carbocycles. The van der Waals surface area contributed by atoms with Crippen LogP contribution in [0.2, 0.25) is 0 Å². The van der Waals surface area contributed by atoms with E-state index in [-0.39, 0.29) is 0 Å². The number of ether oxygens (including phenoxy) is 2. The Morgan fingerprint density at radius 1 is 0.469 bits per heavy atom. The summed E-state index contributed by atoms with van der Waals surface area (Å²) in [5.41, 5.74) is 2.69. The maximum atomic E-state index is 6.53. The zero-order chi connectivity index (χ0) is 21.9. The van der Waals surface area contributed by atoms with E-state index in [1.54, 1.807) is 0 Å². The highest BCUT2D eigenvalue weighted by Gasteiger charge is 2.19. The van der Waals surface area contributed by atoms with E-state index in [0.29, 0.717) is 0 Å². The largest absolute Gasteiger partial charge is 0.456 e. The summed E-state index contributed by atoms with van der Waals surface area (Å²) in [5, 5.41) is 4.24. The standard InChI is InChI=1S/C30H26O2/c1-3-21-19-27-28(20-22(21)4-2)30(32-24-15-9-6-10-16-24)26-18-12-11-17-25(26)29(27)31-23-13-7-5-8-14-23/h5-20H,3-4H2,1-2H3. The van der Waals surface area contributed by atoms with Gasteiger partial charge in [0.1, 0.15) is 23.0 Å². The SMILES string of the molecule is CCc1cc2c(Oc3ccccc3)c3ccccc3c(Oc3ccccc3)c2cc1CC. The lowest BCUT2D eigenvalue weighted by atomic mass is 9.93. The molecule has 5 aromatic rings. The molecule has 0 aromatic heterocycles. The van der Waals surface area contributed by atoms with Gasteiger partial charge in [-0.1, -0.05) is 74.5 Å². The molecule has 0 atom stereocenters. The lowest BCUT2D eigenvalue weighted by Gasteiger charge is -2.19. The van der Waals surface area contributed by atoms with Crippen molar-refractivity contribution in [2.75, 3.05) is 0 Å². The van der Waals surface area contributed by atoms with Gasteiger partial charge in [0.2, 0.25) is 0 Å². The van der Waals surface area contributed by atoms with Crippen LogP contribution in [0.25, 0.3) is 21.5 Å². The van der Waals surface area contributed by atoms with Gasteiger partial charge in [-0.25, -0.2) is 0 Å². The predicted molar refractivity (Wildman–Crippen MR) is 133 cm³/mol. The van der Waals surface area contributed by atoms with Crippen LogP contribution in [0.3, 0.4) is 0 Å². The highest BCUT2D eigenvalue weighted by atomic mass is 16.5. The maximum Gasteiger partial charge on any atom is 0.143 e. The van der Waals surface area contributed by atoms with Gasteiger partial charge >= 0.3 is 0 Å². The van der Waals surface area contributed by atoms with Crippen molar-refractivity contribution in [3.05, 3.63) is 108 Å². The van der Waals surface area contributed by atoms with Gasteiger partial charge in [-0.05, 0) is 60.4 Å². The van der Waals surface area contributed by atoms with Crippen LogP contribution in [0.1, 0.15) is 25.0 Å². The van der Waals surface area contributed by atoms with Crippen LogP contribution >= 0.6 is 0 Å². The summed E-state index contributed by atoms with van der Waals surface area (Å²) in [6, 6.07) is 32.9. The summed E-state index contributed by atoms with van der Waals surface area (Å²) in [4.78, 5) is 0. The third kappa shape index (κ3) is 3.69. The predicted octanol–water partition coefficient (Wildman–Crippen LogP) is 8.70. The summed E-state index contributed by atoms with van der Waals surface area (Å²) < 4.78 is 13.1. The molecule has 5 aromatic carbocycles. The number of benzene rings is 5. The molecule has 5 rings (SSSR count). The fraction of sp³-hybridized carbons (Fsp3) is 0.133. The van der Waals surface area contributed by atoms with Gasteiger partial charge < -0.3 is 9.47 Å². The van der Waals surface area contributed by atoms with E-state index in [4.69, 9.17) is 9.47 Å². The summed E-state index contributed by atoms with van der Waals surface area (Å²) >= 11 is 0. The first-order chi connectivity index (χ1) is 15.8. The van der Waals surface area contributed by atoms with Crippen molar-refractivity contribution in [3.63, 3.8) is 0 Å². The fourth-order valence-electron chi connectivity index (χ4n) is 4.33. The average Bonchev–Trinajstić information content (AvgIpc) is 2.86. The molecule has 0 aliphatic heterocycles. The van der Waals surface area contributed by atoms with E-state index in [1.807, 2.05) is 60.7 Å². The van der Waals surface area contributed by atoms with Crippen LogP contribution < -0.4 is 9.47 Å². The molecule has 158 valence electrons. The summed E-state index contributed by atoms with van der Waals surface area (Å²) in [6.07, 6.45) is 1.96. The highest BCUT2D eigenvalue weighted by Crippen LogP contribution is 2.46. The third-order valence-corrected chi connectivity index (χ3v) is 5.93. The molecular formula is C30H26O2. The van der Waals surface area contributed by atoms with Gasteiger partial charge in [0, 0.05) is 21.5 Å². The van der Waals surface area contributed by atoms with Gasteiger partial charge in [-0.2, -0.15) is 0 Å².